The van der Waals surface area contributed by atoms with Gasteiger partial charge < -0.3 is 10.6 Å². The normalized spacial score (nSPS) is 16.8. The number of amides is 1. The summed E-state index contributed by atoms with van der Waals surface area (Å²) in [7, 11) is 0. The van der Waals surface area contributed by atoms with Crippen LogP contribution in [0, 0.1) is 5.92 Å². The van der Waals surface area contributed by atoms with Crippen molar-refractivity contribution in [3.05, 3.63) is 71.8 Å². The van der Waals surface area contributed by atoms with E-state index in [0.29, 0.717) is 12.3 Å². The van der Waals surface area contributed by atoms with Crippen LogP contribution in [-0.2, 0) is 17.6 Å². The van der Waals surface area contributed by atoms with E-state index < -0.39 is 6.04 Å². The van der Waals surface area contributed by atoms with Crippen LogP contribution < -0.4 is 5.73 Å². The highest BCUT2D eigenvalue weighted by Crippen LogP contribution is 2.22. The Kier molecular flexibility index (Phi) is 5.65. The fourth-order valence-corrected chi connectivity index (χ4v) is 3.49. The van der Waals surface area contributed by atoms with Crippen molar-refractivity contribution in [2.75, 3.05) is 13.1 Å². The minimum atomic E-state index is -0.432. The van der Waals surface area contributed by atoms with E-state index in [9.17, 15) is 4.79 Å². The van der Waals surface area contributed by atoms with Gasteiger partial charge in [-0.3, -0.25) is 4.79 Å². The Morgan fingerprint density at radius 3 is 2.08 bits per heavy atom. The molecule has 1 heterocycles. The molecule has 1 saturated heterocycles. The Labute approximate surface area is 144 Å². The maximum absolute atomic E-state index is 12.6. The third-order valence-electron chi connectivity index (χ3n) is 4.91. The number of rotatable bonds is 5. The molecule has 126 valence electrons. The number of likely N-dealkylation sites (tertiary alicyclic amines) is 1. The number of carbonyl (C=O) groups is 1. The van der Waals surface area contributed by atoms with Gasteiger partial charge in [0.15, 0.2) is 0 Å². The number of piperidine rings is 1. The summed E-state index contributed by atoms with van der Waals surface area (Å²) in [5.41, 5.74) is 8.66. The summed E-state index contributed by atoms with van der Waals surface area (Å²) in [5, 5.41) is 0. The molecule has 0 spiro atoms. The van der Waals surface area contributed by atoms with Crippen molar-refractivity contribution in [3.63, 3.8) is 0 Å². The van der Waals surface area contributed by atoms with Gasteiger partial charge in [0, 0.05) is 13.1 Å². The fourth-order valence-electron chi connectivity index (χ4n) is 3.49. The molecule has 2 aromatic rings. The molecule has 3 rings (SSSR count). The average molecular weight is 322 g/mol. The predicted octanol–water partition coefficient (Wildman–Crippen LogP) is 3.04. The Morgan fingerprint density at radius 1 is 0.958 bits per heavy atom. The lowest BCUT2D eigenvalue weighted by Gasteiger charge is -2.33. The fraction of sp³-hybridized carbons (Fsp3) is 0.381. The lowest BCUT2D eigenvalue weighted by Crippen LogP contribution is -2.48. The van der Waals surface area contributed by atoms with Crippen molar-refractivity contribution >= 4 is 5.91 Å². The highest BCUT2D eigenvalue weighted by atomic mass is 16.2. The number of benzene rings is 2. The molecule has 0 aromatic heterocycles. The van der Waals surface area contributed by atoms with E-state index in [-0.39, 0.29) is 5.91 Å². The van der Waals surface area contributed by atoms with Crippen molar-refractivity contribution in [1.82, 2.24) is 4.90 Å². The smallest absolute Gasteiger partial charge is 0.239 e. The van der Waals surface area contributed by atoms with Crippen molar-refractivity contribution in [2.24, 2.45) is 11.7 Å². The molecule has 3 nitrogen and oxygen atoms in total. The number of hydrogen-bond donors (Lipinski definition) is 1. The molecule has 24 heavy (non-hydrogen) atoms. The lowest BCUT2D eigenvalue weighted by atomic mass is 9.90. The standard InChI is InChI=1S/C21H26N2O/c22-20(16-18-9-5-2-6-10-18)21(24)23-13-11-19(12-14-23)15-17-7-3-1-4-8-17/h1-10,19-20H,11-16,22H2/t20-/m0/s1. The van der Waals surface area contributed by atoms with E-state index in [1.807, 2.05) is 35.2 Å². The van der Waals surface area contributed by atoms with Gasteiger partial charge in [0.2, 0.25) is 5.91 Å². The summed E-state index contributed by atoms with van der Waals surface area (Å²) >= 11 is 0. The van der Waals surface area contributed by atoms with Gasteiger partial charge in [-0.1, -0.05) is 60.7 Å². The van der Waals surface area contributed by atoms with Gasteiger partial charge >= 0.3 is 0 Å². The molecule has 1 fully saturated rings. The molecular weight excluding hydrogens is 296 g/mol. The third-order valence-corrected chi connectivity index (χ3v) is 4.91. The van der Waals surface area contributed by atoms with Crippen molar-refractivity contribution in [2.45, 2.75) is 31.7 Å². The summed E-state index contributed by atoms with van der Waals surface area (Å²) in [4.78, 5) is 14.5. The summed E-state index contributed by atoms with van der Waals surface area (Å²) in [6.45, 7) is 1.66. The molecule has 1 aliphatic rings. The largest absolute Gasteiger partial charge is 0.341 e. The van der Waals surface area contributed by atoms with E-state index in [4.69, 9.17) is 5.73 Å². The number of hydrogen-bond acceptors (Lipinski definition) is 2. The Hall–Kier alpha value is -2.13. The zero-order chi connectivity index (χ0) is 16.8. The summed E-state index contributed by atoms with van der Waals surface area (Å²) in [6.07, 6.45) is 3.86. The van der Waals surface area contributed by atoms with Gasteiger partial charge in [0.05, 0.1) is 6.04 Å². The minimum Gasteiger partial charge on any atom is -0.341 e. The molecule has 0 aliphatic carbocycles. The SMILES string of the molecule is N[C@@H](Cc1ccccc1)C(=O)N1CCC(Cc2ccccc2)CC1. The first kappa shape index (κ1) is 16.7. The molecule has 1 amide bonds. The van der Waals surface area contributed by atoms with Crippen LogP contribution in [0.15, 0.2) is 60.7 Å². The Balaban J connectivity index is 1.48. The average Bonchev–Trinajstić information content (AvgIpc) is 2.63. The lowest BCUT2D eigenvalue weighted by molar-refractivity contribution is -0.133. The van der Waals surface area contributed by atoms with Crippen molar-refractivity contribution in [3.8, 4) is 0 Å². The van der Waals surface area contributed by atoms with Crippen LogP contribution in [0.3, 0.4) is 0 Å². The molecular formula is C21H26N2O. The summed E-state index contributed by atoms with van der Waals surface area (Å²) in [6, 6.07) is 20.2. The second-order valence-corrected chi connectivity index (χ2v) is 6.75. The molecule has 0 saturated carbocycles. The molecule has 2 aromatic carbocycles. The zero-order valence-corrected chi connectivity index (χ0v) is 14.1. The van der Waals surface area contributed by atoms with Crippen LogP contribution in [0.4, 0.5) is 0 Å². The Morgan fingerprint density at radius 2 is 1.50 bits per heavy atom. The quantitative estimate of drug-likeness (QED) is 0.920. The molecule has 2 N–H and O–H groups in total. The topological polar surface area (TPSA) is 46.3 Å². The summed E-state index contributed by atoms with van der Waals surface area (Å²) in [5.74, 6) is 0.763. The first-order valence-electron chi connectivity index (χ1n) is 8.84. The van der Waals surface area contributed by atoms with Crippen LogP contribution in [0.25, 0.3) is 0 Å². The maximum Gasteiger partial charge on any atom is 0.239 e. The first-order valence-corrected chi connectivity index (χ1v) is 8.84. The van der Waals surface area contributed by atoms with Crippen molar-refractivity contribution < 1.29 is 4.79 Å². The highest BCUT2D eigenvalue weighted by Gasteiger charge is 2.26. The van der Waals surface area contributed by atoms with E-state index in [1.54, 1.807) is 0 Å². The van der Waals surface area contributed by atoms with Crippen LogP contribution in [-0.4, -0.2) is 29.9 Å². The Bertz CT molecular complexity index is 633. The number of carbonyl (C=O) groups excluding carboxylic acids is 1. The van der Waals surface area contributed by atoms with E-state index >= 15 is 0 Å². The van der Waals surface area contributed by atoms with Gasteiger partial charge in [-0.2, -0.15) is 0 Å². The molecule has 0 bridgehead atoms. The van der Waals surface area contributed by atoms with Gasteiger partial charge in [-0.25, -0.2) is 0 Å². The van der Waals surface area contributed by atoms with Crippen LogP contribution >= 0.6 is 0 Å². The number of nitrogens with zero attached hydrogens (tertiary/aromatic N) is 1. The van der Waals surface area contributed by atoms with Crippen molar-refractivity contribution in [1.29, 1.82) is 0 Å². The van der Waals surface area contributed by atoms with E-state index in [1.165, 1.54) is 5.56 Å². The molecule has 0 unspecified atom stereocenters. The van der Waals surface area contributed by atoms with Crippen LogP contribution in [0.5, 0.6) is 0 Å². The van der Waals surface area contributed by atoms with Gasteiger partial charge in [0.1, 0.15) is 0 Å². The zero-order valence-electron chi connectivity index (χ0n) is 14.1. The number of nitrogens with two attached hydrogens (primary N) is 1. The second kappa shape index (κ2) is 8.11. The second-order valence-electron chi connectivity index (χ2n) is 6.75. The van der Waals surface area contributed by atoms with Gasteiger partial charge in [-0.05, 0) is 42.7 Å². The first-order chi connectivity index (χ1) is 11.7. The summed E-state index contributed by atoms with van der Waals surface area (Å²) < 4.78 is 0. The maximum atomic E-state index is 12.6. The molecule has 1 atom stereocenters. The van der Waals surface area contributed by atoms with E-state index in [0.717, 1.165) is 37.9 Å². The molecule has 1 aliphatic heterocycles. The molecule has 0 radical (unpaired) electrons. The monoisotopic (exact) mass is 322 g/mol. The van der Waals surface area contributed by atoms with E-state index in [2.05, 4.69) is 30.3 Å². The van der Waals surface area contributed by atoms with Gasteiger partial charge in [0.25, 0.3) is 0 Å². The van der Waals surface area contributed by atoms with Gasteiger partial charge in [-0.15, -0.1) is 0 Å². The highest BCUT2D eigenvalue weighted by molar-refractivity contribution is 5.82. The predicted molar refractivity (Wildman–Crippen MR) is 97.6 cm³/mol. The minimum absolute atomic E-state index is 0.0945. The third kappa shape index (κ3) is 4.45. The van der Waals surface area contributed by atoms with Crippen LogP contribution in [0.1, 0.15) is 24.0 Å². The van der Waals surface area contributed by atoms with Crippen LogP contribution in [0.2, 0.25) is 0 Å². The molecule has 3 heteroatoms.